The molecule has 0 heterocycles. The van der Waals surface area contributed by atoms with Crippen molar-refractivity contribution in [1.82, 2.24) is 0 Å². The van der Waals surface area contributed by atoms with Crippen molar-refractivity contribution in [2.75, 3.05) is 0 Å². The lowest BCUT2D eigenvalue weighted by atomic mass is 9.79. The van der Waals surface area contributed by atoms with E-state index in [-0.39, 0.29) is 11.3 Å². The van der Waals surface area contributed by atoms with E-state index in [9.17, 15) is 33.2 Å². The van der Waals surface area contributed by atoms with Gasteiger partial charge in [0.05, 0.1) is 32.3 Å². The average Bonchev–Trinajstić information content (AvgIpc) is 2.54. The van der Waals surface area contributed by atoms with Gasteiger partial charge in [-0.2, -0.15) is 0 Å². The number of alkyl halides is 1. The highest BCUT2D eigenvalue weighted by Gasteiger charge is 2.48. The van der Waals surface area contributed by atoms with Crippen LogP contribution >= 0.6 is 11.6 Å². The number of nitrogens with zero attached hydrogens (tertiary/aromatic N) is 1. The molecule has 1 aliphatic rings. The largest absolute Gasteiger partial charge is 0.481 e. The summed E-state index contributed by atoms with van der Waals surface area (Å²) in [6, 6.07) is 4.35. The van der Waals surface area contributed by atoms with Crippen LogP contribution in [0.2, 0.25) is 0 Å². The molecule has 0 bridgehead atoms. The molecule has 2 N–H and O–H groups in total. The van der Waals surface area contributed by atoms with Gasteiger partial charge in [-0.3, -0.25) is 19.7 Å². The minimum Gasteiger partial charge on any atom is -0.481 e. The second kappa shape index (κ2) is 6.96. The van der Waals surface area contributed by atoms with E-state index in [1.165, 1.54) is 6.07 Å². The van der Waals surface area contributed by atoms with Crippen molar-refractivity contribution in [2.24, 2.45) is 11.8 Å². The van der Waals surface area contributed by atoms with E-state index in [1.54, 1.807) is 0 Å². The van der Waals surface area contributed by atoms with Crippen LogP contribution in [0.15, 0.2) is 29.2 Å². The predicted molar refractivity (Wildman–Crippen MR) is 85.2 cm³/mol. The molecular weight excluding hydrogens is 378 g/mol. The topological polar surface area (TPSA) is 152 Å². The molecule has 0 aromatic heterocycles. The number of non-ortho nitro benzene ring substituents is 1. The van der Waals surface area contributed by atoms with Crippen LogP contribution in [0.4, 0.5) is 5.69 Å². The molecule has 0 amide bonds. The monoisotopic (exact) mass is 391 g/mol. The molecule has 11 heteroatoms. The lowest BCUT2D eigenvalue weighted by Crippen LogP contribution is -2.46. The fourth-order valence-corrected chi connectivity index (χ4v) is 5.50. The summed E-state index contributed by atoms with van der Waals surface area (Å²) in [6.45, 7) is 0. The van der Waals surface area contributed by atoms with Crippen LogP contribution in [0.25, 0.3) is 0 Å². The van der Waals surface area contributed by atoms with Crippen molar-refractivity contribution in [2.45, 2.75) is 28.4 Å². The van der Waals surface area contributed by atoms with Gasteiger partial charge in [-0.1, -0.05) is 6.07 Å². The van der Waals surface area contributed by atoms with E-state index in [2.05, 4.69) is 0 Å². The third kappa shape index (κ3) is 3.74. The average molecular weight is 392 g/mol. The molecule has 1 aromatic rings. The van der Waals surface area contributed by atoms with Crippen molar-refractivity contribution in [3.05, 3.63) is 34.4 Å². The summed E-state index contributed by atoms with van der Waals surface area (Å²) in [6.07, 6.45) is -0.807. The van der Waals surface area contributed by atoms with Crippen molar-refractivity contribution < 1.29 is 33.1 Å². The molecule has 0 aliphatic heterocycles. The molecule has 1 aromatic carbocycles. The standard InChI is InChI=1S/C14H14ClNO8S/c15-11-5-9(13(17)18)10(14(19)20)6-12(11)25(23,24)8-3-1-2-7(4-8)16(21)22/h1-4,9-12H,5-6H2,(H,17,18)(H,19,20)/t9-,10+,11+,12+/m0/s1. The molecule has 2 rings (SSSR count). The van der Waals surface area contributed by atoms with Crippen LogP contribution in [0.5, 0.6) is 0 Å². The number of hydrogen-bond donors (Lipinski definition) is 2. The Kier molecular flexibility index (Phi) is 5.33. The van der Waals surface area contributed by atoms with Crippen molar-refractivity contribution in [1.29, 1.82) is 0 Å². The number of carboxylic acids is 2. The zero-order valence-corrected chi connectivity index (χ0v) is 14.2. The Morgan fingerprint density at radius 3 is 2.24 bits per heavy atom. The third-order valence-corrected chi connectivity index (χ3v) is 7.11. The predicted octanol–water partition coefficient (Wildman–Crippen LogP) is 1.54. The molecule has 1 fully saturated rings. The molecule has 0 spiro atoms. The van der Waals surface area contributed by atoms with Gasteiger partial charge in [0.1, 0.15) is 0 Å². The van der Waals surface area contributed by atoms with Gasteiger partial charge in [-0.15, -0.1) is 11.6 Å². The van der Waals surface area contributed by atoms with Gasteiger partial charge in [0, 0.05) is 12.1 Å². The van der Waals surface area contributed by atoms with E-state index in [0.29, 0.717) is 0 Å². The second-order valence-corrected chi connectivity index (χ2v) is 8.44. The molecule has 0 saturated heterocycles. The quantitative estimate of drug-likeness (QED) is 0.435. The highest BCUT2D eigenvalue weighted by atomic mass is 35.5. The van der Waals surface area contributed by atoms with Gasteiger partial charge in [-0.25, -0.2) is 8.42 Å². The minimum absolute atomic E-state index is 0.327. The van der Waals surface area contributed by atoms with Crippen LogP contribution in [0.1, 0.15) is 12.8 Å². The van der Waals surface area contributed by atoms with Crippen LogP contribution in [0.3, 0.4) is 0 Å². The number of carboxylic acid groups (broad SMARTS) is 2. The number of sulfone groups is 1. The Bertz CT molecular complexity index is 824. The summed E-state index contributed by atoms with van der Waals surface area (Å²) < 4.78 is 25.5. The molecule has 1 saturated carbocycles. The zero-order chi connectivity index (χ0) is 18.9. The third-order valence-electron chi connectivity index (χ3n) is 4.24. The second-order valence-electron chi connectivity index (χ2n) is 5.71. The number of aliphatic carboxylic acids is 2. The summed E-state index contributed by atoms with van der Waals surface area (Å²) in [5.74, 6) is -5.48. The molecule has 9 nitrogen and oxygen atoms in total. The summed E-state index contributed by atoms with van der Waals surface area (Å²) in [4.78, 5) is 32.3. The Balaban J connectivity index is 2.42. The molecule has 4 atom stereocenters. The molecule has 1 aliphatic carbocycles. The SMILES string of the molecule is O=C(O)[C@H]1C[C@@H](Cl)[C@H](S(=O)(=O)c2cccc([N+](=O)[O-])c2)C[C@H]1C(=O)O. The van der Waals surface area contributed by atoms with Gasteiger partial charge in [-0.05, 0) is 18.9 Å². The smallest absolute Gasteiger partial charge is 0.307 e. The highest BCUT2D eigenvalue weighted by molar-refractivity contribution is 7.92. The van der Waals surface area contributed by atoms with E-state index in [0.717, 1.165) is 18.2 Å². The van der Waals surface area contributed by atoms with Gasteiger partial charge in [0.25, 0.3) is 5.69 Å². The number of nitro groups is 1. The van der Waals surface area contributed by atoms with Crippen LogP contribution in [0, 0.1) is 22.0 Å². The normalized spacial score (nSPS) is 26.8. The fourth-order valence-electron chi connectivity index (χ4n) is 2.94. The maximum Gasteiger partial charge on any atom is 0.307 e. The molecule has 0 unspecified atom stereocenters. The summed E-state index contributed by atoms with van der Waals surface area (Å²) >= 11 is 6.06. The first-order valence-corrected chi connectivity index (χ1v) is 9.12. The highest BCUT2D eigenvalue weighted by Crippen LogP contribution is 2.39. The molecular formula is C14H14ClNO8S. The van der Waals surface area contributed by atoms with Crippen molar-refractivity contribution in [3.8, 4) is 0 Å². The molecule has 0 radical (unpaired) electrons. The maximum absolute atomic E-state index is 12.8. The molecule has 25 heavy (non-hydrogen) atoms. The number of hydrogen-bond acceptors (Lipinski definition) is 6. The first-order valence-electron chi connectivity index (χ1n) is 7.13. The number of benzene rings is 1. The van der Waals surface area contributed by atoms with Crippen LogP contribution in [-0.4, -0.2) is 46.1 Å². The Labute approximate surface area is 147 Å². The number of carbonyl (C=O) groups is 2. The summed E-state index contributed by atoms with van der Waals surface area (Å²) in [5, 5.41) is 26.7. The van der Waals surface area contributed by atoms with Gasteiger partial charge >= 0.3 is 11.9 Å². The van der Waals surface area contributed by atoms with Gasteiger partial charge in [0.2, 0.25) is 0 Å². The number of nitro benzene ring substituents is 1. The van der Waals surface area contributed by atoms with Crippen LogP contribution < -0.4 is 0 Å². The van der Waals surface area contributed by atoms with E-state index >= 15 is 0 Å². The number of halogens is 1. The van der Waals surface area contributed by atoms with Crippen LogP contribution in [-0.2, 0) is 19.4 Å². The van der Waals surface area contributed by atoms with Crippen molar-refractivity contribution in [3.63, 3.8) is 0 Å². The van der Waals surface area contributed by atoms with Gasteiger partial charge in [0.15, 0.2) is 9.84 Å². The van der Waals surface area contributed by atoms with E-state index in [1.807, 2.05) is 0 Å². The fraction of sp³-hybridized carbons (Fsp3) is 0.429. The Morgan fingerprint density at radius 1 is 1.16 bits per heavy atom. The zero-order valence-electron chi connectivity index (χ0n) is 12.6. The van der Waals surface area contributed by atoms with E-state index in [4.69, 9.17) is 16.7 Å². The minimum atomic E-state index is -4.18. The van der Waals surface area contributed by atoms with Crippen molar-refractivity contribution >= 4 is 39.1 Å². The molecule has 136 valence electrons. The van der Waals surface area contributed by atoms with Gasteiger partial charge < -0.3 is 10.2 Å². The lowest BCUT2D eigenvalue weighted by molar-refractivity contribution is -0.385. The maximum atomic E-state index is 12.8. The Morgan fingerprint density at radius 2 is 1.72 bits per heavy atom. The van der Waals surface area contributed by atoms with E-state index < -0.39 is 61.3 Å². The first kappa shape index (κ1) is 19.1. The summed E-state index contributed by atoms with van der Waals surface area (Å²) in [7, 11) is -4.18. The first-order chi connectivity index (χ1) is 11.6. The number of rotatable bonds is 5. The summed E-state index contributed by atoms with van der Waals surface area (Å²) in [5.41, 5.74) is -0.429. The Hall–Kier alpha value is -2.20. The lowest BCUT2D eigenvalue weighted by Gasteiger charge is -2.34.